The summed E-state index contributed by atoms with van der Waals surface area (Å²) < 4.78 is 36.2. The number of benzene rings is 1. The lowest BCUT2D eigenvalue weighted by atomic mass is 10.3. The predicted octanol–water partition coefficient (Wildman–Crippen LogP) is 1.88. The number of amides is 1. The fourth-order valence-corrected chi connectivity index (χ4v) is 3.08. The van der Waals surface area contributed by atoms with E-state index in [2.05, 4.69) is 5.32 Å². The third-order valence-corrected chi connectivity index (χ3v) is 5.14. The topological polar surface area (TPSA) is 126 Å². The molecule has 0 aliphatic heterocycles. The first-order valence-corrected chi connectivity index (χ1v) is 8.94. The maximum atomic E-state index is 12.5. The molecule has 26 heavy (non-hydrogen) atoms. The number of nitrogens with zero attached hydrogens (tertiary/aromatic N) is 1. The molecule has 1 aromatic heterocycles. The summed E-state index contributed by atoms with van der Waals surface area (Å²) in [5.41, 5.74) is 0.187. The smallest absolute Gasteiger partial charge is 0.371 e. The summed E-state index contributed by atoms with van der Waals surface area (Å²) >= 11 is 0. The maximum Gasteiger partial charge on any atom is 0.371 e. The van der Waals surface area contributed by atoms with Crippen molar-refractivity contribution in [1.29, 1.82) is 0 Å². The zero-order valence-corrected chi connectivity index (χ0v) is 15.2. The van der Waals surface area contributed by atoms with Crippen molar-refractivity contribution in [2.75, 3.05) is 26.0 Å². The number of nitrogens with one attached hydrogen (secondary N) is 1. The van der Waals surface area contributed by atoms with E-state index in [-0.39, 0.29) is 34.5 Å². The van der Waals surface area contributed by atoms with Gasteiger partial charge in [-0.05, 0) is 37.3 Å². The van der Waals surface area contributed by atoms with Gasteiger partial charge in [0.2, 0.25) is 15.8 Å². The van der Waals surface area contributed by atoms with Gasteiger partial charge in [-0.2, -0.15) is 0 Å². The van der Waals surface area contributed by atoms with Crippen LogP contribution in [-0.4, -0.2) is 50.4 Å². The molecule has 0 unspecified atom stereocenters. The molecule has 2 rings (SSSR count). The van der Waals surface area contributed by atoms with Gasteiger partial charge in [0.25, 0.3) is 5.91 Å². The molecule has 10 heteroatoms. The quantitative estimate of drug-likeness (QED) is 0.748. The molecule has 0 aliphatic carbocycles. The monoisotopic (exact) mass is 382 g/mol. The van der Waals surface area contributed by atoms with Gasteiger partial charge in [0.05, 0.1) is 6.61 Å². The number of carbonyl (C=O) groups excluding carboxylic acids is 1. The number of sulfonamides is 1. The number of rotatable bonds is 7. The second kappa shape index (κ2) is 7.58. The van der Waals surface area contributed by atoms with Gasteiger partial charge < -0.3 is 19.6 Å². The van der Waals surface area contributed by atoms with Crippen molar-refractivity contribution >= 4 is 27.6 Å². The van der Waals surface area contributed by atoms with E-state index in [1.807, 2.05) is 0 Å². The van der Waals surface area contributed by atoms with E-state index in [0.717, 1.165) is 10.4 Å². The highest BCUT2D eigenvalue weighted by Gasteiger charge is 2.24. The number of hydrogen-bond acceptors (Lipinski definition) is 6. The lowest BCUT2D eigenvalue weighted by molar-refractivity contribution is 0.0660. The van der Waals surface area contributed by atoms with Crippen molar-refractivity contribution in [3.8, 4) is 5.75 Å². The van der Waals surface area contributed by atoms with E-state index in [4.69, 9.17) is 14.3 Å². The second-order valence-electron chi connectivity index (χ2n) is 5.31. The van der Waals surface area contributed by atoms with Crippen LogP contribution in [0.1, 0.15) is 28.0 Å². The molecule has 1 heterocycles. The Labute approximate surface area is 150 Å². The number of ether oxygens (including phenoxy) is 1. The summed E-state index contributed by atoms with van der Waals surface area (Å²) in [5, 5.41) is 11.3. The number of hydrogen-bond donors (Lipinski definition) is 2. The van der Waals surface area contributed by atoms with E-state index in [1.165, 1.54) is 38.4 Å². The molecule has 0 aliphatic rings. The number of carboxylic acids is 1. The van der Waals surface area contributed by atoms with Gasteiger partial charge in [0.15, 0.2) is 5.76 Å². The Hall–Kier alpha value is -2.85. The van der Waals surface area contributed by atoms with Crippen molar-refractivity contribution in [1.82, 2.24) is 4.31 Å². The van der Waals surface area contributed by atoms with Crippen LogP contribution in [0.15, 0.2) is 39.6 Å². The minimum absolute atomic E-state index is 0.104. The SMILES string of the molecule is CCOc1ccc(NC(=O)c2ccc(C(=O)O)o2)cc1S(=O)(=O)N(C)C. The van der Waals surface area contributed by atoms with Crippen molar-refractivity contribution in [3.05, 3.63) is 41.9 Å². The van der Waals surface area contributed by atoms with Crippen molar-refractivity contribution in [2.45, 2.75) is 11.8 Å². The van der Waals surface area contributed by atoms with Crippen LogP contribution < -0.4 is 10.1 Å². The van der Waals surface area contributed by atoms with Gasteiger partial charge in [-0.15, -0.1) is 0 Å². The Morgan fingerprint density at radius 3 is 2.38 bits per heavy atom. The molecule has 0 bridgehead atoms. The molecule has 1 amide bonds. The van der Waals surface area contributed by atoms with E-state index >= 15 is 0 Å². The van der Waals surface area contributed by atoms with Crippen LogP contribution in [0.5, 0.6) is 5.75 Å². The molecular formula is C16H18N2O7S. The lowest BCUT2D eigenvalue weighted by Gasteiger charge is -2.16. The minimum atomic E-state index is -3.80. The third kappa shape index (κ3) is 4.03. The molecule has 1 aromatic carbocycles. The first kappa shape index (κ1) is 19.5. The summed E-state index contributed by atoms with van der Waals surface area (Å²) in [6.45, 7) is 1.99. The maximum absolute atomic E-state index is 12.5. The summed E-state index contributed by atoms with van der Waals surface area (Å²) in [4.78, 5) is 22.9. The number of carbonyl (C=O) groups is 2. The Morgan fingerprint density at radius 2 is 1.85 bits per heavy atom. The van der Waals surface area contributed by atoms with Gasteiger partial charge in [-0.3, -0.25) is 4.79 Å². The molecule has 0 spiro atoms. The number of aromatic carboxylic acids is 1. The van der Waals surface area contributed by atoms with Gasteiger partial charge in [0.1, 0.15) is 10.6 Å². The molecule has 2 aromatic rings. The van der Waals surface area contributed by atoms with Gasteiger partial charge in [-0.1, -0.05) is 0 Å². The molecule has 9 nitrogen and oxygen atoms in total. The Morgan fingerprint density at radius 1 is 1.19 bits per heavy atom. The molecule has 2 N–H and O–H groups in total. The van der Waals surface area contributed by atoms with Crippen LogP contribution in [0.4, 0.5) is 5.69 Å². The molecule has 140 valence electrons. The molecule has 0 radical (unpaired) electrons. The Kier molecular flexibility index (Phi) is 5.68. The zero-order chi connectivity index (χ0) is 19.5. The van der Waals surface area contributed by atoms with E-state index < -0.39 is 21.9 Å². The van der Waals surface area contributed by atoms with Crippen LogP contribution in [-0.2, 0) is 10.0 Å². The van der Waals surface area contributed by atoms with Crippen LogP contribution in [0.25, 0.3) is 0 Å². The molecular weight excluding hydrogens is 364 g/mol. The number of anilines is 1. The third-order valence-electron chi connectivity index (χ3n) is 3.30. The highest BCUT2D eigenvalue weighted by Crippen LogP contribution is 2.29. The normalized spacial score (nSPS) is 11.4. The number of carboxylic acid groups (broad SMARTS) is 1. The summed E-state index contributed by atoms with van der Waals surface area (Å²) in [5.74, 6) is -2.45. The first-order chi connectivity index (χ1) is 12.2. The zero-order valence-electron chi connectivity index (χ0n) is 14.3. The fourth-order valence-electron chi connectivity index (χ4n) is 2.03. The van der Waals surface area contributed by atoms with Gasteiger partial charge in [-0.25, -0.2) is 17.5 Å². The Bertz CT molecular complexity index is 932. The average molecular weight is 382 g/mol. The lowest BCUT2D eigenvalue weighted by Crippen LogP contribution is -2.23. The molecule has 0 saturated carbocycles. The highest BCUT2D eigenvalue weighted by atomic mass is 32.2. The molecule has 0 fully saturated rings. The first-order valence-electron chi connectivity index (χ1n) is 7.50. The van der Waals surface area contributed by atoms with E-state index in [1.54, 1.807) is 6.92 Å². The van der Waals surface area contributed by atoms with E-state index in [9.17, 15) is 18.0 Å². The summed E-state index contributed by atoms with van der Waals surface area (Å²) in [6, 6.07) is 6.53. The Balaban J connectivity index is 2.35. The summed E-state index contributed by atoms with van der Waals surface area (Å²) in [6.07, 6.45) is 0. The van der Waals surface area contributed by atoms with Crippen molar-refractivity contribution in [2.24, 2.45) is 0 Å². The molecule has 0 atom stereocenters. The van der Waals surface area contributed by atoms with Gasteiger partial charge >= 0.3 is 5.97 Å². The minimum Gasteiger partial charge on any atom is -0.492 e. The standard InChI is InChI=1S/C16H18N2O7S/c1-4-24-11-6-5-10(9-14(11)26(22,23)18(2)3)17-15(19)12-7-8-13(25-12)16(20)21/h5-9H,4H2,1-3H3,(H,17,19)(H,20,21). The molecule has 0 saturated heterocycles. The van der Waals surface area contributed by atoms with Crippen molar-refractivity contribution < 1.29 is 32.3 Å². The number of furan rings is 1. The highest BCUT2D eigenvalue weighted by molar-refractivity contribution is 7.89. The summed E-state index contributed by atoms with van der Waals surface area (Å²) in [7, 11) is -1.04. The van der Waals surface area contributed by atoms with Gasteiger partial charge in [0, 0.05) is 19.8 Å². The van der Waals surface area contributed by atoms with Crippen LogP contribution >= 0.6 is 0 Å². The predicted molar refractivity (Wildman–Crippen MR) is 92.1 cm³/mol. The van der Waals surface area contributed by atoms with Crippen LogP contribution in [0, 0.1) is 0 Å². The van der Waals surface area contributed by atoms with Crippen LogP contribution in [0.2, 0.25) is 0 Å². The second-order valence-corrected chi connectivity index (χ2v) is 7.43. The van der Waals surface area contributed by atoms with E-state index in [0.29, 0.717) is 0 Å². The van der Waals surface area contributed by atoms with Crippen molar-refractivity contribution in [3.63, 3.8) is 0 Å². The average Bonchev–Trinajstić information content (AvgIpc) is 3.06. The fraction of sp³-hybridized carbons (Fsp3) is 0.250. The largest absolute Gasteiger partial charge is 0.492 e. The van der Waals surface area contributed by atoms with Crippen LogP contribution in [0.3, 0.4) is 0 Å².